The number of aromatic hydroxyl groups is 1. The van der Waals surface area contributed by atoms with E-state index in [1.165, 1.54) is 16.8 Å². The number of thioether (sulfide) groups is 1. The standard InChI is InChI=1S/C19H16N2O3S2/c22-13-4-1-5-14(10-13)26-12-19(23)21-16(17-6-2-8-24-17)11-15(20-21)18-7-3-9-25-18/h1-10,16,22H,11-12H2. The molecular formula is C19H16N2O3S2. The number of hydrazone groups is 1. The van der Waals surface area contributed by atoms with Gasteiger partial charge >= 0.3 is 0 Å². The van der Waals surface area contributed by atoms with Crippen LogP contribution in [0.4, 0.5) is 0 Å². The van der Waals surface area contributed by atoms with Crippen LogP contribution in [0.15, 0.2) is 74.6 Å². The van der Waals surface area contributed by atoms with Crippen molar-refractivity contribution in [3.63, 3.8) is 0 Å². The summed E-state index contributed by atoms with van der Waals surface area (Å²) in [6.45, 7) is 0. The van der Waals surface area contributed by atoms with Crippen LogP contribution < -0.4 is 0 Å². The smallest absolute Gasteiger partial charge is 0.253 e. The van der Waals surface area contributed by atoms with Gasteiger partial charge in [0, 0.05) is 11.3 Å². The lowest BCUT2D eigenvalue weighted by Crippen LogP contribution is -2.28. The summed E-state index contributed by atoms with van der Waals surface area (Å²) in [4.78, 5) is 14.7. The van der Waals surface area contributed by atoms with Gasteiger partial charge in [0.15, 0.2) is 0 Å². The van der Waals surface area contributed by atoms with Gasteiger partial charge < -0.3 is 9.52 Å². The molecule has 1 amide bonds. The third-order valence-electron chi connectivity index (χ3n) is 4.02. The third-order valence-corrected chi connectivity index (χ3v) is 5.92. The van der Waals surface area contributed by atoms with E-state index in [9.17, 15) is 9.90 Å². The van der Waals surface area contributed by atoms with Gasteiger partial charge in [-0.2, -0.15) is 5.10 Å². The Kier molecular flexibility index (Phi) is 4.81. The van der Waals surface area contributed by atoms with Gasteiger partial charge in [-0.15, -0.1) is 23.1 Å². The summed E-state index contributed by atoms with van der Waals surface area (Å²) >= 11 is 2.99. The summed E-state index contributed by atoms with van der Waals surface area (Å²) in [5, 5.41) is 17.7. The van der Waals surface area contributed by atoms with Crippen molar-refractivity contribution in [1.82, 2.24) is 5.01 Å². The van der Waals surface area contributed by atoms with Crippen molar-refractivity contribution in [2.75, 3.05) is 5.75 Å². The molecule has 1 N–H and O–H groups in total. The van der Waals surface area contributed by atoms with Crippen LogP contribution in [-0.4, -0.2) is 27.5 Å². The summed E-state index contributed by atoms with van der Waals surface area (Å²) in [5.41, 5.74) is 0.900. The number of rotatable bonds is 5. The Morgan fingerprint density at radius 2 is 2.23 bits per heavy atom. The van der Waals surface area contributed by atoms with Crippen molar-refractivity contribution >= 4 is 34.7 Å². The van der Waals surface area contributed by atoms with Gasteiger partial charge in [-0.1, -0.05) is 12.1 Å². The predicted molar refractivity (Wildman–Crippen MR) is 103 cm³/mol. The fourth-order valence-corrected chi connectivity index (χ4v) is 4.34. The molecule has 0 aliphatic carbocycles. The summed E-state index contributed by atoms with van der Waals surface area (Å²) in [5.74, 6) is 1.07. The first kappa shape index (κ1) is 16.9. The Morgan fingerprint density at radius 1 is 1.31 bits per heavy atom. The van der Waals surface area contributed by atoms with Gasteiger partial charge in [-0.25, -0.2) is 5.01 Å². The summed E-state index contributed by atoms with van der Waals surface area (Å²) < 4.78 is 5.54. The monoisotopic (exact) mass is 384 g/mol. The van der Waals surface area contributed by atoms with E-state index in [2.05, 4.69) is 5.10 Å². The first-order valence-electron chi connectivity index (χ1n) is 8.09. The maximum absolute atomic E-state index is 12.8. The first-order chi connectivity index (χ1) is 12.7. The fraction of sp³-hybridized carbons (Fsp3) is 0.158. The average molecular weight is 384 g/mol. The highest BCUT2D eigenvalue weighted by atomic mass is 32.2. The molecule has 0 fully saturated rings. The third kappa shape index (κ3) is 3.54. The van der Waals surface area contributed by atoms with Crippen molar-refractivity contribution in [2.45, 2.75) is 17.4 Å². The number of amides is 1. The number of carbonyl (C=O) groups is 1. The van der Waals surface area contributed by atoms with Gasteiger partial charge in [0.2, 0.25) is 0 Å². The average Bonchev–Trinajstić information content (AvgIpc) is 3.40. The summed E-state index contributed by atoms with van der Waals surface area (Å²) in [7, 11) is 0. The number of thiophene rings is 1. The SMILES string of the molecule is O=C(CSc1cccc(O)c1)N1N=C(c2cccs2)CC1c1ccco1. The highest BCUT2D eigenvalue weighted by Gasteiger charge is 2.34. The molecule has 0 saturated heterocycles. The molecule has 132 valence electrons. The lowest BCUT2D eigenvalue weighted by molar-refractivity contribution is -0.130. The molecule has 3 aromatic rings. The predicted octanol–water partition coefficient (Wildman–Crippen LogP) is 4.52. The zero-order chi connectivity index (χ0) is 17.9. The van der Waals surface area contributed by atoms with Crippen LogP contribution in [0.3, 0.4) is 0 Å². The van der Waals surface area contributed by atoms with Crippen molar-refractivity contribution in [1.29, 1.82) is 0 Å². The Labute approximate surface area is 159 Å². The van der Waals surface area contributed by atoms with Crippen LogP contribution >= 0.6 is 23.1 Å². The van der Waals surface area contributed by atoms with E-state index < -0.39 is 0 Å². The number of furan rings is 1. The van der Waals surface area contributed by atoms with Crippen molar-refractivity contribution < 1.29 is 14.3 Å². The van der Waals surface area contributed by atoms with E-state index in [1.807, 2.05) is 35.7 Å². The molecule has 5 nitrogen and oxygen atoms in total. The molecule has 0 radical (unpaired) electrons. The topological polar surface area (TPSA) is 66.0 Å². The van der Waals surface area contributed by atoms with Gasteiger partial charge in [0.05, 0.1) is 22.6 Å². The maximum Gasteiger partial charge on any atom is 0.253 e. The Bertz CT molecular complexity index is 920. The lowest BCUT2D eigenvalue weighted by atomic mass is 10.1. The Balaban J connectivity index is 1.53. The molecule has 1 aliphatic rings. The number of hydrogen-bond acceptors (Lipinski definition) is 6. The van der Waals surface area contributed by atoms with Crippen molar-refractivity contribution in [3.8, 4) is 5.75 Å². The highest BCUT2D eigenvalue weighted by Crippen LogP contribution is 2.35. The van der Waals surface area contributed by atoms with E-state index >= 15 is 0 Å². The minimum Gasteiger partial charge on any atom is -0.508 e. The molecule has 0 spiro atoms. The molecule has 4 rings (SSSR count). The van der Waals surface area contributed by atoms with Gasteiger partial charge in [0.1, 0.15) is 17.6 Å². The Morgan fingerprint density at radius 3 is 2.96 bits per heavy atom. The summed E-state index contributed by atoms with van der Waals surface area (Å²) in [6.07, 6.45) is 2.25. The molecule has 1 aliphatic heterocycles. The minimum atomic E-state index is -0.223. The fourth-order valence-electron chi connectivity index (χ4n) is 2.82. The van der Waals surface area contributed by atoms with Crippen LogP contribution in [0.25, 0.3) is 0 Å². The molecule has 2 aromatic heterocycles. The largest absolute Gasteiger partial charge is 0.508 e. The van der Waals surface area contributed by atoms with Crippen LogP contribution in [0.5, 0.6) is 5.75 Å². The number of nitrogens with zero attached hydrogens (tertiary/aromatic N) is 2. The van der Waals surface area contributed by atoms with Crippen LogP contribution in [0.1, 0.15) is 23.1 Å². The number of phenols is 1. The van der Waals surface area contributed by atoms with E-state index in [0.717, 1.165) is 21.2 Å². The molecule has 7 heteroatoms. The van der Waals surface area contributed by atoms with Gasteiger partial charge in [-0.05, 0) is 41.8 Å². The zero-order valence-corrected chi connectivity index (χ0v) is 15.4. The molecular weight excluding hydrogens is 368 g/mol. The molecule has 1 atom stereocenters. The van der Waals surface area contributed by atoms with Crippen molar-refractivity contribution in [3.05, 3.63) is 70.8 Å². The minimum absolute atomic E-state index is 0.0914. The highest BCUT2D eigenvalue weighted by molar-refractivity contribution is 8.00. The second-order valence-corrected chi connectivity index (χ2v) is 7.78. The quantitative estimate of drug-likeness (QED) is 0.657. The van der Waals surface area contributed by atoms with Crippen molar-refractivity contribution in [2.24, 2.45) is 5.10 Å². The zero-order valence-electron chi connectivity index (χ0n) is 13.7. The van der Waals surface area contributed by atoms with Crippen LogP contribution in [-0.2, 0) is 4.79 Å². The molecule has 3 heterocycles. The van der Waals surface area contributed by atoms with Gasteiger partial charge in [-0.3, -0.25) is 4.79 Å². The van der Waals surface area contributed by atoms with E-state index in [1.54, 1.807) is 35.8 Å². The molecule has 1 aromatic carbocycles. The first-order valence-corrected chi connectivity index (χ1v) is 9.96. The normalized spacial score (nSPS) is 16.7. The van der Waals surface area contributed by atoms with Gasteiger partial charge in [0.25, 0.3) is 5.91 Å². The number of carbonyl (C=O) groups excluding carboxylic acids is 1. The van der Waals surface area contributed by atoms with E-state index in [0.29, 0.717) is 6.42 Å². The van der Waals surface area contributed by atoms with Crippen LogP contribution in [0.2, 0.25) is 0 Å². The number of hydrogen-bond donors (Lipinski definition) is 1. The second kappa shape index (κ2) is 7.39. The van der Waals surface area contributed by atoms with E-state index in [-0.39, 0.29) is 23.5 Å². The number of phenolic OH excluding ortho intramolecular Hbond substituents is 1. The second-order valence-electron chi connectivity index (χ2n) is 5.78. The molecule has 0 saturated carbocycles. The number of benzene rings is 1. The summed E-state index contributed by atoms with van der Waals surface area (Å²) in [6, 6.07) is 14.3. The Hall–Kier alpha value is -2.51. The maximum atomic E-state index is 12.8. The molecule has 1 unspecified atom stereocenters. The molecule has 26 heavy (non-hydrogen) atoms. The lowest BCUT2D eigenvalue weighted by Gasteiger charge is -2.19. The van der Waals surface area contributed by atoms with E-state index in [4.69, 9.17) is 4.42 Å². The molecule has 0 bridgehead atoms. The van der Waals surface area contributed by atoms with Crippen LogP contribution in [0, 0.1) is 0 Å².